The third-order valence-corrected chi connectivity index (χ3v) is 11.4. The standard InChI is InChI=1S/C30H37N4O8PS2/c31-28(35)25(17-22-13-14-23-10-4-5-11-24(23)16-22)32-29(36)27-12-6-7-15-34(27)30(37)26(18-44-20-43(38,39)40)33-45(41,42)19-21-8-2-1-3-9-21/h1-5,8-11,13-14,16,25-27,33H,6-7,12,15,17-20H2,(H2,31,35)(H,32,36)(H2,38,39,40)/t25-,26-,27-/m0/s1. The number of amides is 3. The number of fused-ring (bicyclic) bond motifs is 1. The van der Waals surface area contributed by atoms with Crippen molar-refractivity contribution in [2.75, 3.05) is 17.8 Å². The second-order valence-electron chi connectivity index (χ2n) is 11.0. The van der Waals surface area contributed by atoms with Crippen LogP contribution in [0.4, 0.5) is 0 Å². The van der Waals surface area contributed by atoms with Gasteiger partial charge in [-0.15, -0.1) is 11.8 Å². The highest BCUT2D eigenvalue weighted by molar-refractivity contribution is 8.04. The Labute approximate surface area is 266 Å². The molecular formula is C30H37N4O8PS2. The van der Waals surface area contributed by atoms with Crippen LogP contribution in [0.2, 0.25) is 0 Å². The maximum Gasteiger partial charge on any atom is 0.335 e. The number of hydrogen-bond acceptors (Lipinski definition) is 7. The zero-order chi connectivity index (χ0) is 32.6. The summed E-state index contributed by atoms with van der Waals surface area (Å²) in [6.45, 7) is 0.156. The van der Waals surface area contributed by atoms with E-state index >= 15 is 0 Å². The molecule has 12 nitrogen and oxygen atoms in total. The Bertz CT molecular complexity index is 1670. The largest absolute Gasteiger partial charge is 0.368 e. The predicted molar refractivity (Wildman–Crippen MR) is 173 cm³/mol. The molecule has 3 atom stereocenters. The fraction of sp³-hybridized carbons (Fsp3) is 0.367. The molecule has 0 radical (unpaired) electrons. The van der Waals surface area contributed by atoms with E-state index in [1.54, 1.807) is 30.3 Å². The molecule has 0 aliphatic carbocycles. The van der Waals surface area contributed by atoms with Gasteiger partial charge in [-0.2, -0.15) is 0 Å². The van der Waals surface area contributed by atoms with Gasteiger partial charge in [-0.3, -0.25) is 18.9 Å². The number of benzene rings is 3. The SMILES string of the molecule is NC(=O)[C@H](Cc1ccc2ccccc2c1)NC(=O)[C@@H]1CCCCN1C(=O)[C@H](CSCP(=O)(O)O)NS(=O)(=O)Cc1ccccc1. The van der Waals surface area contributed by atoms with Crippen LogP contribution in [0.25, 0.3) is 10.8 Å². The van der Waals surface area contributed by atoms with Crippen LogP contribution in [0, 0.1) is 0 Å². The molecule has 1 saturated heterocycles. The molecule has 4 rings (SSSR count). The molecule has 0 bridgehead atoms. The van der Waals surface area contributed by atoms with Gasteiger partial charge in [0, 0.05) is 18.7 Å². The second-order valence-corrected chi connectivity index (χ2v) is 15.8. The molecule has 15 heteroatoms. The number of nitrogens with one attached hydrogen (secondary N) is 2. The van der Waals surface area contributed by atoms with Crippen molar-refractivity contribution in [2.45, 2.75) is 49.6 Å². The first-order valence-corrected chi connectivity index (χ1v) is 19.0. The van der Waals surface area contributed by atoms with Gasteiger partial charge in [-0.1, -0.05) is 72.8 Å². The lowest BCUT2D eigenvalue weighted by atomic mass is 9.98. The Morgan fingerprint density at radius 2 is 1.64 bits per heavy atom. The Kier molecular flexibility index (Phi) is 11.8. The fourth-order valence-electron chi connectivity index (χ4n) is 5.26. The molecule has 242 valence electrons. The number of nitrogens with zero attached hydrogens (tertiary/aromatic N) is 1. The van der Waals surface area contributed by atoms with E-state index in [1.165, 1.54) is 4.90 Å². The van der Waals surface area contributed by atoms with Gasteiger partial charge in [0.25, 0.3) is 0 Å². The van der Waals surface area contributed by atoms with Crippen LogP contribution in [-0.2, 0) is 41.1 Å². The zero-order valence-corrected chi connectivity index (χ0v) is 27.0. The number of nitrogens with two attached hydrogens (primary N) is 1. The number of carbonyl (C=O) groups is 3. The van der Waals surface area contributed by atoms with Gasteiger partial charge in [0.1, 0.15) is 18.1 Å². The number of piperidine rings is 1. The van der Waals surface area contributed by atoms with E-state index in [1.807, 2.05) is 42.5 Å². The van der Waals surface area contributed by atoms with Crippen molar-refractivity contribution in [3.63, 3.8) is 0 Å². The van der Waals surface area contributed by atoms with Crippen LogP contribution < -0.4 is 15.8 Å². The average molecular weight is 677 g/mol. The fourth-order valence-corrected chi connectivity index (χ4v) is 8.53. The number of likely N-dealkylation sites (tertiary alicyclic amines) is 1. The van der Waals surface area contributed by atoms with E-state index in [0.717, 1.165) is 28.1 Å². The summed E-state index contributed by atoms with van der Waals surface area (Å²) in [4.78, 5) is 59.7. The molecule has 0 spiro atoms. The number of thioether (sulfide) groups is 1. The minimum atomic E-state index is -4.43. The van der Waals surface area contributed by atoms with Gasteiger partial charge in [-0.25, -0.2) is 13.1 Å². The van der Waals surface area contributed by atoms with Crippen molar-refractivity contribution in [2.24, 2.45) is 5.73 Å². The Hall–Kier alpha value is -3.26. The highest BCUT2D eigenvalue weighted by atomic mass is 32.2. The summed E-state index contributed by atoms with van der Waals surface area (Å²) >= 11 is 0.734. The first-order valence-electron chi connectivity index (χ1n) is 14.4. The maximum absolute atomic E-state index is 13.9. The molecule has 1 aliphatic heterocycles. The molecule has 1 aliphatic rings. The average Bonchev–Trinajstić information content (AvgIpc) is 2.99. The van der Waals surface area contributed by atoms with E-state index in [9.17, 15) is 37.2 Å². The van der Waals surface area contributed by atoms with Gasteiger partial charge in [0.2, 0.25) is 27.7 Å². The predicted octanol–water partition coefficient (Wildman–Crippen LogP) is 2.09. The molecule has 0 unspecified atom stereocenters. The topological polar surface area (TPSA) is 196 Å². The molecule has 45 heavy (non-hydrogen) atoms. The van der Waals surface area contributed by atoms with E-state index in [4.69, 9.17) is 5.73 Å². The lowest BCUT2D eigenvalue weighted by molar-refractivity contribution is -0.143. The van der Waals surface area contributed by atoms with Crippen LogP contribution >= 0.6 is 19.4 Å². The molecule has 0 saturated carbocycles. The van der Waals surface area contributed by atoms with Gasteiger partial charge >= 0.3 is 7.60 Å². The van der Waals surface area contributed by atoms with Crippen LogP contribution in [0.15, 0.2) is 72.8 Å². The number of sulfonamides is 1. The van der Waals surface area contributed by atoms with Crippen LogP contribution in [-0.4, -0.2) is 76.7 Å². The molecular weight excluding hydrogens is 639 g/mol. The number of rotatable bonds is 14. The van der Waals surface area contributed by atoms with E-state index in [2.05, 4.69) is 10.0 Å². The van der Waals surface area contributed by atoms with E-state index in [0.29, 0.717) is 18.4 Å². The van der Waals surface area contributed by atoms with Gasteiger partial charge in [0.15, 0.2) is 0 Å². The van der Waals surface area contributed by atoms with Crippen LogP contribution in [0.1, 0.15) is 30.4 Å². The molecule has 1 fully saturated rings. The van der Waals surface area contributed by atoms with Crippen molar-refractivity contribution in [3.8, 4) is 0 Å². The van der Waals surface area contributed by atoms with Crippen LogP contribution in [0.3, 0.4) is 0 Å². The Morgan fingerprint density at radius 3 is 2.33 bits per heavy atom. The molecule has 3 aromatic rings. The lowest BCUT2D eigenvalue weighted by Gasteiger charge is -2.37. The number of carbonyl (C=O) groups excluding carboxylic acids is 3. The quantitative estimate of drug-likeness (QED) is 0.159. The first kappa shape index (κ1) is 34.6. The van der Waals surface area contributed by atoms with Crippen molar-refractivity contribution < 1.29 is 37.2 Å². The van der Waals surface area contributed by atoms with E-state index in [-0.39, 0.29) is 25.1 Å². The van der Waals surface area contributed by atoms with Crippen molar-refractivity contribution >= 4 is 57.9 Å². The maximum atomic E-state index is 13.9. The van der Waals surface area contributed by atoms with Gasteiger partial charge in [-0.05, 0) is 41.2 Å². The lowest BCUT2D eigenvalue weighted by Crippen LogP contribution is -2.60. The summed E-state index contributed by atoms with van der Waals surface area (Å²) in [6.07, 6.45) is 1.59. The Morgan fingerprint density at radius 1 is 0.956 bits per heavy atom. The van der Waals surface area contributed by atoms with Gasteiger partial charge in [0.05, 0.1) is 11.2 Å². The third kappa shape index (κ3) is 10.4. The molecule has 3 amide bonds. The monoisotopic (exact) mass is 676 g/mol. The minimum Gasteiger partial charge on any atom is -0.368 e. The van der Waals surface area contributed by atoms with Gasteiger partial charge < -0.3 is 25.7 Å². The normalized spacial score (nSPS) is 17.0. The molecule has 3 aromatic carbocycles. The van der Waals surface area contributed by atoms with E-state index < -0.39 is 64.7 Å². The third-order valence-electron chi connectivity index (χ3n) is 7.37. The summed E-state index contributed by atoms with van der Waals surface area (Å²) in [7, 11) is -8.50. The summed E-state index contributed by atoms with van der Waals surface area (Å²) < 4.78 is 40.0. The van der Waals surface area contributed by atoms with Crippen molar-refractivity contribution in [1.29, 1.82) is 0 Å². The highest BCUT2D eigenvalue weighted by Gasteiger charge is 2.38. The summed E-state index contributed by atoms with van der Waals surface area (Å²) in [5, 5.41) is 4.68. The number of hydrogen-bond donors (Lipinski definition) is 5. The van der Waals surface area contributed by atoms with Crippen LogP contribution in [0.5, 0.6) is 0 Å². The van der Waals surface area contributed by atoms with Crippen molar-refractivity contribution in [3.05, 3.63) is 83.9 Å². The Balaban J connectivity index is 1.51. The van der Waals surface area contributed by atoms with Crippen molar-refractivity contribution in [1.82, 2.24) is 14.9 Å². The number of primary amides is 1. The minimum absolute atomic E-state index is 0.132. The highest BCUT2D eigenvalue weighted by Crippen LogP contribution is 2.38. The molecule has 6 N–H and O–H groups in total. The summed E-state index contributed by atoms with van der Waals surface area (Å²) in [5.41, 5.74) is 6.31. The smallest absolute Gasteiger partial charge is 0.335 e. The zero-order valence-electron chi connectivity index (χ0n) is 24.4. The first-order chi connectivity index (χ1) is 21.3. The molecule has 0 aromatic heterocycles. The second kappa shape index (κ2) is 15.4. The summed E-state index contributed by atoms with van der Waals surface area (Å²) in [5.74, 6) is -2.73. The molecule has 1 heterocycles. The summed E-state index contributed by atoms with van der Waals surface area (Å²) in [6, 6.07) is 18.3.